The van der Waals surface area contributed by atoms with E-state index in [0.29, 0.717) is 22.6 Å². The van der Waals surface area contributed by atoms with Gasteiger partial charge >= 0.3 is 5.97 Å². The van der Waals surface area contributed by atoms with Crippen molar-refractivity contribution in [2.75, 3.05) is 7.11 Å². The van der Waals surface area contributed by atoms with Gasteiger partial charge in [-0.25, -0.2) is 9.78 Å². The molecule has 0 radical (unpaired) electrons. The third-order valence-electron chi connectivity index (χ3n) is 2.99. The fraction of sp³-hybridized carbons (Fsp3) is 0.0714. The first-order valence-corrected chi connectivity index (χ1v) is 5.91. The smallest absolute Gasteiger partial charge is 0.337 e. The average Bonchev–Trinajstić information content (AvgIpc) is 2.91. The molecule has 0 spiro atoms. The van der Waals surface area contributed by atoms with Crippen LogP contribution in [0.15, 0.2) is 36.7 Å². The Balaban J connectivity index is 0.00000161. The molecule has 0 aliphatic heterocycles. The number of rotatable bonds is 3. The number of carbonyl (C=O) groups is 1. The molecule has 0 unspecified atom stereocenters. The average molecular weight is 306 g/mol. The SMILES string of the molecule is COc1ccc(C(=O)O)c2nc(-c3cccnc3)[nH]c12.Cl. The van der Waals surface area contributed by atoms with Crippen molar-refractivity contribution in [2.45, 2.75) is 0 Å². The zero-order valence-corrected chi connectivity index (χ0v) is 11.8. The number of carboxylic acid groups (broad SMARTS) is 1. The second-order valence-electron chi connectivity index (χ2n) is 4.17. The molecule has 3 rings (SSSR count). The predicted octanol–water partition coefficient (Wildman–Crippen LogP) is 2.75. The van der Waals surface area contributed by atoms with Crippen LogP contribution >= 0.6 is 12.4 Å². The molecule has 0 aliphatic rings. The molecule has 2 heterocycles. The van der Waals surface area contributed by atoms with Crippen molar-refractivity contribution in [3.63, 3.8) is 0 Å². The summed E-state index contributed by atoms with van der Waals surface area (Å²) >= 11 is 0. The molecule has 0 fully saturated rings. The maximum atomic E-state index is 11.3. The lowest BCUT2D eigenvalue weighted by atomic mass is 10.2. The molecule has 2 aromatic heterocycles. The number of halogens is 1. The van der Waals surface area contributed by atoms with Gasteiger partial charge in [-0.3, -0.25) is 4.98 Å². The number of nitrogens with one attached hydrogen (secondary N) is 1. The van der Waals surface area contributed by atoms with Crippen LogP contribution < -0.4 is 4.74 Å². The first-order chi connectivity index (χ1) is 9.70. The van der Waals surface area contributed by atoms with Crippen molar-refractivity contribution in [2.24, 2.45) is 0 Å². The molecule has 108 valence electrons. The zero-order valence-electron chi connectivity index (χ0n) is 11.0. The number of imidazole rings is 1. The summed E-state index contributed by atoms with van der Waals surface area (Å²) in [5.41, 5.74) is 1.84. The number of aromatic nitrogens is 3. The topological polar surface area (TPSA) is 88.1 Å². The molecule has 1 aromatic carbocycles. The highest BCUT2D eigenvalue weighted by atomic mass is 35.5. The highest BCUT2D eigenvalue weighted by Gasteiger charge is 2.17. The second-order valence-corrected chi connectivity index (χ2v) is 4.17. The number of ether oxygens (including phenoxy) is 1. The number of aromatic amines is 1. The van der Waals surface area contributed by atoms with Crippen LogP contribution in [0.1, 0.15) is 10.4 Å². The van der Waals surface area contributed by atoms with Crippen LogP contribution in [0.5, 0.6) is 5.75 Å². The van der Waals surface area contributed by atoms with E-state index >= 15 is 0 Å². The number of benzene rings is 1. The van der Waals surface area contributed by atoms with Crippen molar-refractivity contribution in [1.82, 2.24) is 15.0 Å². The van der Waals surface area contributed by atoms with Crippen LogP contribution in [0.25, 0.3) is 22.4 Å². The Morgan fingerprint density at radius 3 is 2.76 bits per heavy atom. The van der Waals surface area contributed by atoms with Crippen LogP contribution in [0.4, 0.5) is 0 Å². The van der Waals surface area contributed by atoms with Crippen LogP contribution in [-0.2, 0) is 0 Å². The van der Waals surface area contributed by atoms with Gasteiger partial charge in [0.2, 0.25) is 0 Å². The fourth-order valence-electron chi connectivity index (χ4n) is 2.05. The van der Waals surface area contributed by atoms with E-state index in [0.717, 1.165) is 5.56 Å². The van der Waals surface area contributed by atoms with Crippen LogP contribution in [0.3, 0.4) is 0 Å². The highest BCUT2D eigenvalue weighted by molar-refractivity contribution is 6.03. The summed E-state index contributed by atoms with van der Waals surface area (Å²) in [6.07, 6.45) is 3.32. The van der Waals surface area contributed by atoms with Gasteiger partial charge in [0.05, 0.1) is 12.7 Å². The Hall–Kier alpha value is -2.60. The zero-order chi connectivity index (χ0) is 14.1. The van der Waals surface area contributed by atoms with Crippen molar-refractivity contribution in [3.8, 4) is 17.1 Å². The molecule has 0 aliphatic carbocycles. The predicted molar refractivity (Wildman–Crippen MR) is 80.1 cm³/mol. The van der Waals surface area contributed by atoms with Gasteiger partial charge in [0, 0.05) is 18.0 Å². The molecule has 0 saturated heterocycles. The fourth-order valence-corrected chi connectivity index (χ4v) is 2.05. The minimum atomic E-state index is -1.03. The lowest BCUT2D eigenvalue weighted by Gasteiger charge is -2.02. The Bertz CT molecular complexity index is 787. The maximum absolute atomic E-state index is 11.3. The first-order valence-electron chi connectivity index (χ1n) is 5.91. The molecule has 0 atom stereocenters. The minimum absolute atomic E-state index is 0. The summed E-state index contributed by atoms with van der Waals surface area (Å²) in [5.74, 6) is 0.0784. The number of pyridine rings is 1. The van der Waals surface area contributed by atoms with E-state index in [1.807, 2.05) is 6.07 Å². The van der Waals surface area contributed by atoms with Gasteiger partial charge in [-0.2, -0.15) is 0 Å². The Kier molecular flexibility index (Phi) is 4.09. The van der Waals surface area contributed by atoms with Gasteiger partial charge in [-0.1, -0.05) is 0 Å². The molecule has 0 saturated carbocycles. The van der Waals surface area contributed by atoms with Gasteiger partial charge < -0.3 is 14.8 Å². The van der Waals surface area contributed by atoms with Crippen molar-refractivity contribution in [1.29, 1.82) is 0 Å². The van der Waals surface area contributed by atoms with Gasteiger partial charge in [-0.05, 0) is 24.3 Å². The standard InChI is InChI=1S/C14H11N3O3.ClH/c1-20-10-5-4-9(14(18)19)11-12(10)17-13(16-11)8-3-2-6-15-7-8;/h2-7H,1H3,(H,16,17)(H,18,19);1H. The number of aromatic carboxylic acids is 1. The number of carboxylic acids is 1. The summed E-state index contributed by atoms with van der Waals surface area (Å²) in [6, 6.07) is 6.73. The number of hydrogen-bond donors (Lipinski definition) is 2. The summed E-state index contributed by atoms with van der Waals surface area (Å²) in [4.78, 5) is 22.7. The molecule has 3 aromatic rings. The minimum Gasteiger partial charge on any atom is -0.494 e. The second kappa shape index (κ2) is 5.80. The van der Waals surface area contributed by atoms with E-state index in [1.54, 1.807) is 24.5 Å². The van der Waals surface area contributed by atoms with Crippen LogP contribution in [-0.4, -0.2) is 33.1 Å². The quantitative estimate of drug-likeness (QED) is 0.777. The number of nitrogens with zero attached hydrogens (tertiary/aromatic N) is 2. The number of methoxy groups -OCH3 is 1. The molecule has 2 N–H and O–H groups in total. The van der Waals surface area contributed by atoms with E-state index < -0.39 is 5.97 Å². The summed E-state index contributed by atoms with van der Waals surface area (Å²) < 4.78 is 5.23. The maximum Gasteiger partial charge on any atom is 0.337 e. The van der Waals surface area contributed by atoms with Gasteiger partial charge in [0.15, 0.2) is 0 Å². The monoisotopic (exact) mass is 305 g/mol. The molecular formula is C14H12ClN3O3. The lowest BCUT2D eigenvalue weighted by Crippen LogP contribution is -1.98. The van der Waals surface area contributed by atoms with Crippen LogP contribution in [0, 0.1) is 0 Å². The van der Waals surface area contributed by atoms with E-state index in [1.165, 1.54) is 13.2 Å². The van der Waals surface area contributed by atoms with Gasteiger partial charge in [-0.15, -0.1) is 12.4 Å². The van der Waals surface area contributed by atoms with Crippen molar-refractivity contribution in [3.05, 3.63) is 42.2 Å². The third-order valence-corrected chi connectivity index (χ3v) is 2.99. The molecule has 21 heavy (non-hydrogen) atoms. The molecule has 7 heteroatoms. The lowest BCUT2D eigenvalue weighted by molar-refractivity contribution is 0.0699. The van der Waals surface area contributed by atoms with Gasteiger partial charge in [0.25, 0.3) is 0 Å². The third kappa shape index (κ3) is 2.53. The highest BCUT2D eigenvalue weighted by Crippen LogP contribution is 2.29. The molecule has 6 nitrogen and oxygen atoms in total. The van der Waals surface area contributed by atoms with Crippen molar-refractivity contribution >= 4 is 29.4 Å². The number of fused-ring (bicyclic) bond motifs is 1. The molecule has 0 bridgehead atoms. The van der Waals surface area contributed by atoms with Gasteiger partial charge in [0.1, 0.15) is 22.6 Å². The Morgan fingerprint density at radius 1 is 1.33 bits per heavy atom. The Morgan fingerprint density at radius 2 is 2.14 bits per heavy atom. The van der Waals surface area contributed by atoms with E-state index in [2.05, 4.69) is 15.0 Å². The molecule has 0 amide bonds. The molecular weight excluding hydrogens is 294 g/mol. The summed E-state index contributed by atoms with van der Waals surface area (Å²) in [7, 11) is 1.53. The number of hydrogen-bond acceptors (Lipinski definition) is 4. The van der Waals surface area contributed by atoms with Crippen molar-refractivity contribution < 1.29 is 14.6 Å². The first kappa shape index (κ1) is 14.8. The number of H-pyrrole nitrogens is 1. The van der Waals surface area contributed by atoms with Crippen LogP contribution in [0.2, 0.25) is 0 Å². The summed E-state index contributed by atoms with van der Waals surface area (Å²) in [6.45, 7) is 0. The van der Waals surface area contributed by atoms with E-state index in [4.69, 9.17) is 4.74 Å². The summed E-state index contributed by atoms with van der Waals surface area (Å²) in [5, 5.41) is 9.22. The largest absolute Gasteiger partial charge is 0.494 e. The Labute approximate surface area is 126 Å². The normalized spacial score (nSPS) is 10.1. The van der Waals surface area contributed by atoms with E-state index in [-0.39, 0.29) is 18.0 Å². The van der Waals surface area contributed by atoms with E-state index in [9.17, 15) is 9.90 Å².